The molecule has 0 bridgehead atoms. The molecule has 2 atom stereocenters. The minimum Gasteiger partial charge on any atom is -0.472 e. The van der Waals surface area contributed by atoms with Gasteiger partial charge < -0.3 is 14.1 Å². The molecule has 4 heterocycles. The largest absolute Gasteiger partial charge is 0.472 e. The van der Waals surface area contributed by atoms with Crippen LogP contribution in [0.1, 0.15) is 24.8 Å². The molecule has 0 unspecified atom stereocenters. The van der Waals surface area contributed by atoms with Crippen molar-refractivity contribution in [1.29, 1.82) is 0 Å². The van der Waals surface area contributed by atoms with E-state index in [9.17, 15) is 0 Å². The zero-order chi connectivity index (χ0) is 16.4. The minimum absolute atomic E-state index is 0.0321. The van der Waals surface area contributed by atoms with E-state index in [2.05, 4.69) is 26.8 Å². The van der Waals surface area contributed by atoms with Crippen LogP contribution in [0.3, 0.4) is 0 Å². The molecule has 0 aromatic carbocycles. The first kappa shape index (κ1) is 15.6. The fourth-order valence-electron chi connectivity index (χ4n) is 3.96. The zero-order valence-corrected chi connectivity index (χ0v) is 14.1. The zero-order valence-electron chi connectivity index (χ0n) is 14.1. The molecule has 0 N–H and O–H groups in total. The van der Waals surface area contributed by atoms with Crippen LogP contribution in [0, 0.1) is 0 Å². The molecule has 0 aliphatic carbocycles. The van der Waals surface area contributed by atoms with Crippen molar-refractivity contribution >= 4 is 5.95 Å². The Hall–Kier alpha value is -1.92. The maximum atomic E-state index is 6.32. The van der Waals surface area contributed by atoms with E-state index in [1.54, 1.807) is 18.7 Å². The first-order chi connectivity index (χ1) is 11.7. The molecule has 128 valence electrons. The number of nitrogens with zero attached hydrogens (tertiary/aromatic N) is 4. The number of likely N-dealkylation sites (tertiary alicyclic amines) is 1. The van der Waals surface area contributed by atoms with Gasteiger partial charge in [0, 0.05) is 44.5 Å². The van der Waals surface area contributed by atoms with Crippen molar-refractivity contribution in [3.8, 4) is 0 Å². The molecule has 2 aliphatic heterocycles. The summed E-state index contributed by atoms with van der Waals surface area (Å²) in [5.41, 5.74) is 1.20. The van der Waals surface area contributed by atoms with Gasteiger partial charge >= 0.3 is 0 Å². The SMILES string of the molecule is CN(c1ncccn1)[C@@H]1CO[C@@]2(CCCN(Cc3ccoc3)C2)C1. The average molecular weight is 328 g/mol. The van der Waals surface area contributed by atoms with Gasteiger partial charge in [0.15, 0.2) is 0 Å². The highest BCUT2D eigenvalue weighted by Crippen LogP contribution is 2.37. The standard InChI is InChI=1S/C18H24N4O2/c1-21(17-19-6-3-7-20-17)16-10-18(24-13-16)5-2-8-22(14-18)11-15-4-9-23-12-15/h3-4,6-7,9,12,16H,2,5,8,10-11,13-14H2,1H3/t16-,18-/m0/s1. The highest BCUT2D eigenvalue weighted by molar-refractivity contribution is 5.30. The number of anilines is 1. The number of likely N-dealkylation sites (N-methyl/N-ethyl adjacent to an activating group) is 1. The smallest absolute Gasteiger partial charge is 0.225 e. The molecule has 6 nitrogen and oxygen atoms in total. The molecule has 2 aromatic rings. The summed E-state index contributed by atoms with van der Waals surface area (Å²) in [5, 5.41) is 0. The second-order valence-electron chi connectivity index (χ2n) is 6.96. The molecule has 0 saturated carbocycles. The number of piperidine rings is 1. The van der Waals surface area contributed by atoms with E-state index in [1.807, 2.05) is 18.4 Å². The summed E-state index contributed by atoms with van der Waals surface area (Å²) in [6, 6.07) is 4.22. The lowest BCUT2D eigenvalue weighted by molar-refractivity contribution is -0.0533. The van der Waals surface area contributed by atoms with Crippen molar-refractivity contribution in [2.24, 2.45) is 0 Å². The van der Waals surface area contributed by atoms with E-state index in [1.165, 1.54) is 12.0 Å². The molecular formula is C18H24N4O2. The van der Waals surface area contributed by atoms with Crippen LogP contribution in [0.25, 0.3) is 0 Å². The van der Waals surface area contributed by atoms with E-state index >= 15 is 0 Å². The summed E-state index contributed by atoms with van der Waals surface area (Å²) < 4.78 is 11.5. The summed E-state index contributed by atoms with van der Waals surface area (Å²) in [6.45, 7) is 3.79. The average Bonchev–Trinajstić information content (AvgIpc) is 3.26. The van der Waals surface area contributed by atoms with E-state index < -0.39 is 0 Å². The normalized spacial score (nSPS) is 27.6. The molecule has 6 heteroatoms. The van der Waals surface area contributed by atoms with Gasteiger partial charge in [0.1, 0.15) is 0 Å². The van der Waals surface area contributed by atoms with Crippen LogP contribution in [-0.2, 0) is 11.3 Å². The Labute approximate surface area is 142 Å². The summed E-state index contributed by atoms with van der Waals surface area (Å²) in [4.78, 5) is 13.4. The predicted molar refractivity (Wildman–Crippen MR) is 90.7 cm³/mol. The van der Waals surface area contributed by atoms with Crippen LogP contribution in [0.4, 0.5) is 5.95 Å². The quantitative estimate of drug-likeness (QED) is 0.859. The molecule has 0 amide bonds. The van der Waals surface area contributed by atoms with Gasteiger partial charge in [0.2, 0.25) is 5.95 Å². The fraction of sp³-hybridized carbons (Fsp3) is 0.556. The van der Waals surface area contributed by atoms with Gasteiger partial charge in [-0.15, -0.1) is 0 Å². The van der Waals surface area contributed by atoms with Gasteiger partial charge in [0.25, 0.3) is 0 Å². The first-order valence-corrected chi connectivity index (χ1v) is 8.61. The third kappa shape index (κ3) is 3.16. The highest BCUT2D eigenvalue weighted by Gasteiger charge is 2.44. The van der Waals surface area contributed by atoms with Gasteiger partial charge in [-0.1, -0.05) is 0 Å². The van der Waals surface area contributed by atoms with Crippen molar-refractivity contribution in [3.63, 3.8) is 0 Å². The third-order valence-electron chi connectivity index (χ3n) is 5.21. The Kier molecular flexibility index (Phi) is 4.24. The van der Waals surface area contributed by atoms with Gasteiger partial charge in [0.05, 0.1) is 30.8 Å². The Morgan fingerprint density at radius 3 is 3.04 bits per heavy atom. The van der Waals surface area contributed by atoms with Crippen molar-refractivity contribution in [2.75, 3.05) is 31.6 Å². The lowest BCUT2D eigenvalue weighted by atomic mass is 9.88. The van der Waals surface area contributed by atoms with Crippen molar-refractivity contribution < 1.29 is 9.15 Å². The Morgan fingerprint density at radius 1 is 1.38 bits per heavy atom. The molecule has 2 aliphatic rings. The number of hydrogen-bond acceptors (Lipinski definition) is 6. The number of rotatable bonds is 4. The molecule has 0 radical (unpaired) electrons. The first-order valence-electron chi connectivity index (χ1n) is 8.61. The molecule has 2 aromatic heterocycles. The van der Waals surface area contributed by atoms with Crippen molar-refractivity contribution in [1.82, 2.24) is 14.9 Å². The van der Waals surface area contributed by atoms with Crippen LogP contribution >= 0.6 is 0 Å². The topological polar surface area (TPSA) is 54.6 Å². The number of furan rings is 1. The summed E-state index contributed by atoms with van der Waals surface area (Å²) in [7, 11) is 2.06. The molecule has 2 saturated heterocycles. The number of ether oxygens (including phenoxy) is 1. The minimum atomic E-state index is -0.0321. The second kappa shape index (κ2) is 6.53. The highest BCUT2D eigenvalue weighted by atomic mass is 16.5. The van der Waals surface area contributed by atoms with Gasteiger partial charge in [-0.05, 0) is 31.5 Å². The molecule has 2 fully saturated rings. The van der Waals surface area contributed by atoms with Gasteiger partial charge in [-0.3, -0.25) is 4.90 Å². The van der Waals surface area contributed by atoms with Crippen molar-refractivity contribution in [3.05, 3.63) is 42.6 Å². The van der Waals surface area contributed by atoms with E-state index in [-0.39, 0.29) is 5.60 Å². The third-order valence-corrected chi connectivity index (χ3v) is 5.21. The van der Waals surface area contributed by atoms with Crippen LogP contribution < -0.4 is 4.90 Å². The van der Waals surface area contributed by atoms with Crippen LogP contribution in [0.15, 0.2) is 41.5 Å². The Bertz CT molecular complexity index is 648. The summed E-state index contributed by atoms with van der Waals surface area (Å²) in [5.74, 6) is 0.772. The Balaban J connectivity index is 1.41. The fourth-order valence-corrected chi connectivity index (χ4v) is 3.96. The van der Waals surface area contributed by atoms with Gasteiger partial charge in [-0.25, -0.2) is 9.97 Å². The van der Waals surface area contributed by atoms with E-state index in [0.29, 0.717) is 6.04 Å². The Morgan fingerprint density at radius 2 is 2.25 bits per heavy atom. The second-order valence-corrected chi connectivity index (χ2v) is 6.96. The van der Waals surface area contributed by atoms with Gasteiger partial charge in [-0.2, -0.15) is 0 Å². The molecule has 1 spiro atoms. The number of hydrogen-bond donors (Lipinski definition) is 0. The monoisotopic (exact) mass is 328 g/mol. The summed E-state index contributed by atoms with van der Waals surface area (Å²) >= 11 is 0. The lowest BCUT2D eigenvalue weighted by Crippen LogP contribution is -2.48. The maximum Gasteiger partial charge on any atom is 0.225 e. The maximum absolute atomic E-state index is 6.32. The van der Waals surface area contributed by atoms with Crippen LogP contribution in [0.5, 0.6) is 0 Å². The molecule has 4 rings (SSSR count). The lowest BCUT2D eigenvalue weighted by Gasteiger charge is -2.39. The molecule has 24 heavy (non-hydrogen) atoms. The molecular weight excluding hydrogens is 304 g/mol. The van der Waals surface area contributed by atoms with Crippen molar-refractivity contribution in [2.45, 2.75) is 37.5 Å². The predicted octanol–water partition coefficient (Wildman–Crippen LogP) is 2.33. The summed E-state index contributed by atoms with van der Waals surface area (Å²) in [6.07, 6.45) is 10.5. The van der Waals surface area contributed by atoms with E-state index in [4.69, 9.17) is 9.15 Å². The van der Waals surface area contributed by atoms with E-state index in [0.717, 1.165) is 45.0 Å². The van der Waals surface area contributed by atoms with Crippen LogP contribution in [-0.4, -0.2) is 53.3 Å². The number of aromatic nitrogens is 2. The van der Waals surface area contributed by atoms with Crippen LogP contribution in [0.2, 0.25) is 0 Å².